The molecule has 4 aromatic rings. The van der Waals surface area contributed by atoms with Crippen molar-refractivity contribution in [3.05, 3.63) is 77.0 Å². The van der Waals surface area contributed by atoms with E-state index in [0.717, 1.165) is 71.2 Å². The highest BCUT2D eigenvalue weighted by Gasteiger charge is 2.33. The molecule has 0 atom stereocenters. The Kier molecular flexibility index (Phi) is 6.48. The quantitative estimate of drug-likeness (QED) is 0.400. The van der Waals surface area contributed by atoms with Gasteiger partial charge in [-0.25, -0.2) is 4.98 Å². The average molecular weight is 538 g/mol. The van der Waals surface area contributed by atoms with Crippen LogP contribution < -0.4 is 10.2 Å². The first-order valence-electron chi connectivity index (χ1n) is 12.7. The summed E-state index contributed by atoms with van der Waals surface area (Å²) in [6, 6.07) is 9.56. The second-order valence-corrected chi connectivity index (χ2v) is 9.63. The van der Waals surface area contributed by atoms with Crippen molar-refractivity contribution < 1.29 is 27.4 Å². The Morgan fingerprint density at radius 3 is 2.67 bits per heavy atom. The molecule has 1 aromatic carbocycles. The summed E-state index contributed by atoms with van der Waals surface area (Å²) in [7, 11) is 0. The van der Waals surface area contributed by atoms with E-state index in [-0.39, 0.29) is 5.56 Å². The average Bonchev–Trinajstić information content (AvgIpc) is 3.32. The minimum Gasteiger partial charge on any atom is -0.378 e. The Morgan fingerprint density at radius 2 is 1.87 bits per heavy atom. The summed E-state index contributed by atoms with van der Waals surface area (Å²) in [4.78, 5) is 23.4. The van der Waals surface area contributed by atoms with Gasteiger partial charge in [0, 0.05) is 48.7 Å². The predicted molar refractivity (Wildman–Crippen MR) is 139 cm³/mol. The maximum Gasteiger partial charge on any atom is 0.433 e. The second kappa shape index (κ2) is 9.97. The molecule has 11 heteroatoms. The number of nitrogens with zero attached hydrogens (tertiary/aromatic N) is 4. The molecule has 0 unspecified atom stereocenters. The Balaban J connectivity index is 1.39. The van der Waals surface area contributed by atoms with E-state index < -0.39 is 17.8 Å². The number of benzene rings is 1. The number of morpholine rings is 1. The number of alkyl halides is 3. The summed E-state index contributed by atoms with van der Waals surface area (Å²) in [6.45, 7) is 5.84. The molecule has 1 N–H and O–H groups in total. The standard InChI is InChI=1S/C28H26F3N5O3/c1-17-2-3-20(33-27(37)18-4-6-32-25(13-18)28(29,30)31)14-21(17)19-12-23(35-7-10-38-11-8-35)26-34-22-5-9-39-16-24(22)36(26)15-19/h2-4,6,12-15H,5,7-11,16H2,1H3,(H,33,37). The van der Waals surface area contributed by atoms with E-state index in [4.69, 9.17) is 14.5 Å². The van der Waals surface area contributed by atoms with Crippen LogP contribution in [0.1, 0.15) is 33.0 Å². The van der Waals surface area contributed by atoms with Gasteiger partial charge in [-0.1, -0.05) is 6.07 Å². The van der Waals surface area contributed by atoms with E-state index in [2.05, 4.69) is 25.7 Å². The number of hydrogen-bond donors (Lipinski definition) is 1. The molecule has 5 heterocycles. The number of nitrogens with one attached hydrogen (secondary N) is 1. The highest BCUT2D eigenvalue weighted by Crippen LogP contribution is 2.35. The number of amides is 1. The number of aromatic nitrogens is 3. The fraction of sp³-hybridized carbons (Fsp3) is 0.321. The lowest BCUT2D eigenvalue weighted by atomic mass is 10.0. The van der Waals surface area contributed by atoms with Crippen LogP contribution in [0.5, 0.6) is 0 Å². The van der Waals surface area contributed by atoms with Crippen molar-refractivity contribution in [2.75, 3.05) is 43.1 Å². The normalized spacial score (nSPS) is 15.8. The predicted octanol–water partition coefficient (Wildman–Crippen LogP) is 4.89. The van der Waals surface area contributed by atoms with Gasteiger partial charge in [-0.2, -0.15) is 13.2 Å². The van der Waals surface area contributed by atoms with Gasteiger partial charge in [0.25, 0.3) is 5.91 Å². The Bertz CT molecular complexity index is 1560. The molecule has 3 aromatic heterocycles. The number of carbonyl (C=O) groups is 1. The van der Waals surface area contributed by atoms with Crippen LogP contribution in [0.25, 0.3) is 16.8 Å². The van der Waals surface area contributed by atoms with Crippen LogP contribution in [0.4, 0.5) is 24.5 Å². The van der Waals surface area contributed by atoms with Gasteiger partial charge in [-0.3, -0.25) is 14.2 Å². The van der Waals surface area contributed by atoms with Crippen molar-refractivity contribution in [2.24, 2.45) is 0 Å². The minimum absolute atomic E-state index is 0.125. The first kappa shape index (κ1) is 25.3. The van der Waals surface area contributed by atoms with Gasteiger partial charge in [0.2, 0.25) is 0 Å². The van der Waals surface area contributed by atoms with Gasteiger partial charge in [-0.15, -0.1) is 0 Å². The Labute approximate surface area is 222 Å². The van der Waals surface area contributed by atoms with Crippen LogP contribution in [0.15, 0.2) is 48.8 Å². The third-order valence-electron chi connectivity index (χ3n) is 7.08. The lowest BCUT2D eigenvalue weighted by molar-refractivity contribution is -0.141. The molecule has 2 aliphatic rings. The number of fused-ring (bicyclic) bond motifs is 3. The summed E-state index contributed by atoms with van der Waals surface area (Å²) in [5.41, 5.74) is 5.93. The number of imidazole rings is 1. The van der Waals surface area contributed by atoms with Crippen LogP contribution >= 0.6 is 0 Å². The lowest BCUT2D eigenvalue weighted by Crippen LogP contribution is -2.36. The fourth-order valence-electron chi connectivity index (χ4n) is 5.04. The number of halogens is 3. The van der Waals surface area contributed by atoms with Crippen molar-refractivity contribution in [1.82, 2.24) is 14.4 Å². The smallest absolute Gasteiger partial charge is 0.378 e. The van der Waals surface area contributed by atoms with Gasteiger partial charge >= 0.3 is 6.18 Å². The SMILES string of the molecule is Cc1ccc(NC(=O)c2ccnc(C(F)(F)F)c2)cc1-c1cc(N2CCOCC2)c2nc3c(n2c1)COCC3. The topological polar surface area (TPSA) is 81.0 Å². The van der Waals surface area contributed by atoms with E-state index in [0.29, 0.717) is 32.1 Å². The van der Waals surface area contributed by atoms with Crippen molar-refractivity contribution in [3.63, 3.8) is 0 Å². The van der Waals surface area contributed by atoms with Crippen LogP contribution in [0, 0.1) is 6.92 Å². The third-order valence-corrected chi connectivity index (χ3v) is 7.08. The monoisotopic (exact) mass is 537 g/mol. The molecule has 39 heavy (non-hydrogen) atoms. The first-order chi connectivity index (χ1) is 18.8. The molecule has 0 bridgehead atoms. The number of pyridine rings is 2. The van der Waals surface area contributed by atoms with E-state index >= 15 is 0 Å². The Hall–Kier alpha value is -3.96. The van der Waals surface area contributed by atoms with Crippen LogP contribution in [0.2, 0.25) is 0 Å². The molecule has 1 saturated heterocycles. The molecule has 0 saturated carbocycles. The van der Waals surface area contributed by atoms with Gasteiger partial charge in [-0.05, 0) is 48.4 Å². The molecule has 0 aliphatic carbocycles. The second-order valence-electron chi connectivity index (χ2n) is 9.63. The van der Waals surface area contributed by atoms with Gasteiger partial charge < -0.3 is 19.7 Å². The number of carbonyl (C=O) groups excluding carboxylic acids is 1. The Morgan fingerprint density at radius 1 is 1.05 bits per heavy atom. The van der Waals surface area contributed by atoms with E-state index in [1.165, 1.54) is 6.07 Å². The molecular formula is C28H26F3N5O3. The molecule has 0 spiro atoms. The van der Waals surface area contributed by atoms with Gasteiger partial charge in [0.15, 0.2) is 5.65 Å². The van der Waals surface area contributed by atoms with E-state index in [1.54, 1.807) is 6.07 Å². The summed E-state index contributed by atoms with van der Waals surface area (Å²) in [5.74, 6) is -0.650. The fourth-order valence-corrected chi connectivity index (χ4v) is 5.04. The molecule has 6 rings (SSSR count). The zero-order valence-corrected chi connectivity index (χ0v) is 21.2. The number of ether oxygens (including phenoxy) is 2. The molecular weight excluding hydrogens is 511 g/mol. The zero-order valence-electron chi connectivity index (χ0n) is 21.2. The largest absolute Gasteiger partial charge is 0.433 e. The van der Waals surface area contributed by atoms with Crippen molar-refractivity contribution >= 4 is 22.9 Å². The maximum absolute atomic E-state index is 13.1. The maximum atomic E-state index is 13.1. The zero-order chi connectivity index (χ0) is 27.1. The van der Waals surface area contributed by atoms with Gasteiger partial charge in [0.05, 0.1) is 43.5 Å². The number of anilines is 2. The van der Waals surface area contributed by atoms with Crippen molar-refractivity contribution in [1.29, 1.82) is 0 Å². The minimum atomic E-state index is -4.64. The first-order valence-corrected chi connectivity index (χ1v) is 12.7. The highest BCUT2D eigenvalue weighted by atomic mass is 19.4. The summed E-state index contributed by atoms with van der Waals surface area (Å²) < 4.78 is 52.6. The van der Waals surface area contributed by atoms with E-state index in [9.17, 15) is 18.0 Å². The molecule has 202 valence electrons. The number of rotatable bonds is 4. The van der Waals surface area contributed by atoms with Crippen LogP contribution in [-0.4, -0.2) is 53.2 Å². The molecule has 0 radical (unpaired) electrons. The van der Waals surface area contributed by atoms with Gasteiger partial charge in [0.1, 0.15) is 5.69 Å². The summed E-state index contributed by atoms with van der Waals surface area (Å²) >= 11 is 0. The molecule has 2 aliphatic heterocycles. The van der Waals surface area contributed by atoms with E-state index in [1.807, 2.05) is 25.3 Å². The third kappa shape index (κ3) is 4.95. The molecule has 1 fully saturated rings. The summed E-state index contributed by atoms with van der Waals surface area (Å²) in [6.07, 6.45) is -0.870. The van der Waals surface area contributed by atoms with Crippen LogP contribution in [0.3, 0.4) is 0 Å². The number of aryl methyl sites for hydroxylation is 1. The van der Waals surface area contributed by atoms with Crippen LogP contribution in [-0.2, 0) is 28.7 Å². The highest BCUT2D eigenvalue weighted by molar-refractivity contribution is 6.04. The lowest BCUT2D eigenvalue weighted by Gasteiger charge is -2.29. The number of hydrogen-bond acceptors (Lipinski definition) is 6. The van der Waals surface area contributed by atoms with Crippen molar-refractivity contribution in [2.45, 2.75) is 26.1 Å². The van der Waals surface area contributed by atoms with Crippen molar-refractivity contribution in [3.8, 4) is 11.1 Å². The molecule has 1 amide bonds. The molecule has 8 nitrogen and oxygen atoms in total. The summed E-state index contributed by atoms with van der Waals surface area (Å²) in [5, 5.41) is 2.73.